The van der Waals surface area contributed by atoms with Gasteiger partial charge in [0, 0.05) is 18.7 Å². The minimum atomic E-state index is -1.46. The molecule has 118 valence electrons. The number of aryl methyl sites for hydroxylation is 1. The molecule has 0 aliphatic carbocycles. The zero-order chi connectivity index (χ0) is 16.4. The zero-order valence-corrected chi connectivity index (χ0v) is 12.5. The molecule has 0 aliphatic heterocycles. The Morgan fingerprint density at radius 3 is 2.59 bits per heavy atom. The van der Waals surface area contributed by atoms with Crippen molar-refractivity contribution in [2.45, 2.75) is 18.7 Å². The Hall–Kier alpha value is -1.96. The van der Waals surface area contributed by atoms with Crippen LogP contribution >= 0.6 is 11.8 Å². The van der Waals surface area contributed by atoms with Crippen molar-refractivity contribution in [3.05, 3.63) is 39.5 Å². The minimum absolute atomic E-state index is 0.0222. The van der Waals surface area contributed by atoms with Gasteiger partial charge in [0.05, 0.1) is 4.90 Å². The third-order valence-electron chi connectivity index (χ3n) is 2.72. The second-order valence-corrected chi connectivity index (χ2v) is 5.49. The Kier molecular flexibility index (Phi) is 4.80. The van der Waals surface area contributed by atoms with Gasteiger partial charge < -0.3 is 9.15 Å². The Labute approximate surface area is 127 Å². The van der Waals surface area contributed by atoms with Crippen LogP contribution in [0, 0.1) is 24.4 Å². The molecule has 0 saturated carbocycles. The first kappa shape index (κ1) is 16.4. The number of hydrogen-bond donors (Lipinski definition) is 0. The highest BCUT2D eigenvalue weighted by Gasteiger charge is 2.24. The van der Waals surface area contributed by atoms with Gasteiger partial charge in [-0.3, -0.25) is 9.59 Å². The van der Waals surface area contributed by atoms with Crippen molar-refractivity contribution in [1.82, 2.24) is 0 Å². The van der Waals surface area contributed by atoms with E-state index in [9.17, 15) is 22.8 Å². The molecular weight excluding hydrogens is 321 g/mol. The van der Waals surface area contributed by atoms with E-state index in [0.717, 1.165) is 6.07 Å². The Balaban J connectivity index is 2.47. The lowest BCUT2D eigenvalue weighted by molar-refractivity contribution is -0.140. The van der Waals surface area contributed by atoms with E-state index in [-0.39, 0.29) is 18.1 Å². The van der Waals surface area contributed by atoms with Crippen LogP contribution in [0.2, 0.25) is 0 Å². The van der Waals surface area contributed by atoms with Crippen molar-refractivity contribution in [3.8, 4) is 0 Å². The van der Waals surface area contributed by atoms with Crippen LogP contribution < -0.4 is 5.43 Å². The third-order valence-corrected chi connectivity index (χ3v) is 3.73. The van der Waals surface area contributed by atoms with Gasteiger partial charge in [-0.05, 0) is 6.92 Å². The van der Waals surface area contributed by atoms with Crippen LogP contribution in [0.25, 0.3) is 11.0 Å². The predicted octanol–water partition coefficient (Wildman–Crippen LogP) is 3.17. The molecule has 0 N–H and O–H groups in total. The second kappa shape index (κ2) is 6.43. The molecule has 0 bridgehead atoms. The molecule has 2 rings (SSSR count). The lowest BCUT2D eigenvalue weighted by Crippen LogP contribution is -2.08. The number of hydrogen-bond acceptors (Lipinski definition) is 5. The lowest BCUT2D eigenvalue weighted by atomic mass is 10.2. The third kappa shape index (κ3) is 3.11. The maximum Gasteiger partial charge on any atom is 0.302 e. The maximum absolute atomic E-state index is 14.3. The molecule has 8 heteroatoms. The number of benzene rings is 1. The van der Waals surface area contributed by atoms with E-state index in [0.29, 0.717) is 11.8 Å². The molecule has 0 saturated heterocycles. The fraction of sp³-hybridized carbons (Fsp3) is 0.286. The van der Waals surface area contributed by atoms with Crippen LogP contribution in [-0.4, -0.2) is 18.3 Å². The standard InChI is InChI=1S/C14H11F3O4S/c1-6-5-8(19)9-10(15)11(16)14(12(17)13(9)21-6)22-4-3-20-7(2)18/h5H,3-4H2,1-2H3. The van der Waals surface area contributed by atoms with Crippen molar-refractivity contribution in [2.75, 3.05) is 12.4 Å². The molecule has 0 spiro atoms. The zero-order valence-electron chi connectivity index (χ0n) is 11.7. The molecule has 0 unspecified atom stereocenters. The summed E-state index contributed by atoms with van der Waals surface area (Å²) in [4.78, 5) is 21.7. The summed E-state index contributed by atoms with van der Waals surface area (Å²) >= 11 is 0.627. The molecule has 0 atom stereocenters. The molecular formula is C14H11F3O4S. The molecule has 2 aromatic rings. The van der Waals surface area contributed by atoms with E-state index in [1.54, 1.807) is 0 Å². The van der Waals surface area contributed by atoms with E-state index in [1.165, 1.54) is 13.8 Å². The van der Waals surface area contributed by atoms with E-state index >= 15 is 0 Å². The highest BCUT2D eigenvalue weighted by Crippen LogP contribution is 2.32. The van der Waals surface area contributed by atoms with Gasteiger partial charge in [0.1, 0.15) is 17.8 Å². The number of carbonyl (C=O) groups is 1. The SMILES string of the molecule is CC(=O)OCCSc1c(F)c(F)c2c(=O)cc(C)oc2c1F. The number of halogens is 3. The first-order chi connectivity index (χ1) is 10.3. The summed E-state index contributed by atoms with van der Waals surface area (Å²) in [6.45, 7) is 2.50. The monoisotopic (exact) mass is 332 g/mol. The van der Waals surface area contributed by atoms with Crippen molar-refractivity contribution >= 4 is 28.7 Å². The predicted molar refractivity (Wildman–Crippen MR) is 74.5 cm³/mol. The average molecular weight is 332 g/mol. The van der Waals surface area contributed by atoms with E-state index in [2.05, 4.69) is 4.74 Å². The highest BCUT2D eigenvalue weighted by molar-refractivity contribution is 7.99. The van der Waals surface area contributed by atoms with Gasteiger partial charge in [0.25, 0.3) is 0 Å². The normalized spacial score (nSPS) is 11.0. The molecule has 0 aliphatic rings. The van der Waals surface area contributed by atoms with Crippen LogP contribution in [0.5, 0.6) is 0 Å². The first-order valence-corrected chi connectivity index (χ1v) is 7.18. The summed E-state index contributed by atoms with van der Waals surface area (Å²) in [6.07, 6.45) is 0. The fourth-order valence-electron chi connectivity index (χ4n) is 1.84. The Morgan fingerprint density at radius 2 is 1.95 bits per heavy atom. The molecule has 4 nitrogen and oxygen atoms in total. The first-order valence-electron chi connectivity index (χ1n) is 6.20. The van der Waals surface area contributed by atoms with Gasteiger partial charge in [0.15, 0.2) is 28.5 Å². The van der Waals surface area contributed by atoms with Gasteiger partial charge in [-0.2, -0.15) is 0 Å². The summed E-state index contributed by atoms with van der Waals surface area (Å²) in [7, 11) is 0. The van der Waals surface area contributed by atoms with Crippen LogP contribution in [0.1, 0.15) is 12.7 Å². The van der Waals surface area contributed by atoms with Crippen molar-refractivity contribution in [3.63, 3.8) is 0 Å². The Bertz CT molecular complexity index is 801. The van der Waals surface area contributed by atoms with Crippen LogP contribution in [0.3, 0.4) is 0 Å². The van der Waals surface area contributed by atoms with Gasteiger partial charge in [-0.1, -0.05) is 0 Å². The number of fused-ring (bicyclic) bond motifs is 1. The number of carbonyl (C=O) groups excluding carboxylic acids is 1. The van der Waals surface area contributed by atoms with Gasteiger partial charge in [-0.25, -0.2) is 13.2 Å². The number of rotatable bonds is 4. The highest BCUT2D eigenvalue weighted by atomic mass is 32.2. The lowest BCUT2D eigenvalue weighted by Gasteiger charge is -2.09. The number of esters is 1. The molecule has 0 radical (unpaired) electrons. The minimum Gasteiger partial charge on any atom is -0.465 e. The Morgan fingerprint density at radius 1 is 1.27 bits per heavy atom. The smallest absolute Gasteiger partial charge is 0.302 e. The molecule has 0 amide bonds. The van der Waals surface area contributed by atoms with Crippen molar-refractivity contribution < 1.29 is 27.1 Å². The molecule has 1 heterocycles. The average Bonchev–Trinajstić information content (AvgIpc) is 2.43. The maximum atomic E-state index is 14.3. The fourth-order valence-corrected chi connectivity index (χ4v) is 2.64. The number of ether oxygens (including phenoxy) is 1. The van der Waals surface area contributed by atoms with Crippen LogP contribution in [0.15, 0.2) is 20.2 Å². The largest absolute Gasteiger partial charge is 0.465 e. The van der Waals surface area contributed by atoms with Crippen molar-refractivity contribution in [1.29, 1.82) is 0 Å². The quantitative estimate of drug-likeness (QED) is 0.372. The van der Waals surface area contributed by atoms with Gasteiger partial charge in [-0.15, -0.1) is 11.8 Å². The van der Waals surface area contributed by atoms with Crippen LogP contribution in [-0.2, 0) is 9.53 Å². The van der Waals surface area contributed by atoms with Gasteiger partial charge >= 0.3 is 5.97 Å². The summed E-state index contributed by atoms with van der Waals surface area (Å²) in [5.41, 5.74) is -1.48. The van der Waals surface area contributed by atoms with E-state index in [4.69, 9.17) is 4.42 Å². The molecule has 1 aromatic heterocycles. The second-order valence-electron chi connectivity index (χ2n) is 4.39. The van der Waals surface area contributed by atoms with Crippen molar-refractivity contribution in [2.24, 2.45) is 0 Å². The summed E-state index contributed by atoms with van der Waals surface area (Å²) in [5.74, 6) is -4.50. The van der Waals surface area contributed by atoms with Crippen LogP contribution in [0.4, 0.5) is 13.2 Å². The number of thioether (sulfide) groups is 1. The topological polar surface area (TPSA) is 56.5 Å². The summed E-state index contributed by atoms with van der Waals surface area (Å²) in [5, 5.41) is -0.759. The van der Waals surface area contributed by atoms with E-state index < -0.39 is 44.7 Å². The summed E-state index contributed by atoms with van der Waals surface area (Å²) in [6, 6.07) is 0.956. The van der Waals surface area contributed by atoms with Gasteiger partial charge in [0.2, 0.25) is 0 Å². The molecule has 22 heavy (non-hydrogen) atoms. The molecule has 0 fully saturated rings. The summed E-state index contributed by atoms with van der Waals surface area (Å²) < 4.78 is 51.8. The molecule has 1 aromatic carbocycles. The van der Waals surface area contributed by atoms with E-state index in [1.807, 2.05) is 0 Å².